The van der Waals surface area contributed by atoms with Crippen molar-refractivity contribution in [2.24, 2.45) is 0 Å². The monoisotopic (exact) mass is 300 g/mol. The Bertz CT molecular complexity index is 248. The van der Waals surface area contributed by atoms with Crippen molar-refractivity contribution in [1.82, 2.24) is 0 Å². The molecule has 11 heavy (non-hydrogen) atoms. The first kappa shape index (κ1) is 9.62. The summed E-state index contributed by atoms with van der Waals surface area (Å²) in [6, 6.07) is 4.00. The molecule has 0 saturated heterocycles. The van der Waals surface area contributed by atoms with Gasteiger partial charge in [0.1, 0.15) is 0 Å². The van der Waals surface area contributed by atoms with Crippen LogP contribution in [0.15, 0.2) is 12.1 Å². The lowest BCUT2D eigenvalue weighted by Crippen LogP contribution is -1.87. The predicted octanol–water partition coefficient (Wildman–Crippen LogP) is 3.99. The Balaban J connectivity index is 3.25. The topological polar surface area (TPSA) is 0 Å². The molecule has 0 atom stereocenters. The van der Waals surface area contributed by atoms with E-state index in [9.17, 15) is 0 Å². The van der Waals surface area contributed by atoms with Crippen LogP contribution >= 0.6 is 45.8 Å². The predicted molar refractivity (Wildman–Crippen MR) is 58.5 cm³/mol. The summed E-state index contributed by atoms with van der Waals surface area (Å²) in [4.78, 5) is 0. The van der Waals surface area contributed by atoms with E-state index >= 15 is 0 Å². The molecule has 0 fully saturated rings. The van der Waals surface area contributed by atoms with Crippen LogP contribution in [0.1, 0.15) is 11.1 Å². The molecular weight excluding hydrogens is 294 g/mol. The van der Waals surface area contributed by atoms with Gasteiger partial charge in [-0.25, -0.2) is 0 Å². The second kappa shape index (κ2) is 3.97. The van der Waals surface area contributed by atoms with Crippen molar-refractivity contribution in [2.75, 3.05) is 0 Å². The molecule has 0 bridgehead atoms. The molecule has 0 radical (unpaired) electrons. The highest BCUT2D eigenvalue weighted by Gasteiger charge is 2.03. The molecule has 0 aliphatic carbocycles. The van der Waals surface area contributed by atoms with Gasteiger partial charge in [0.05, 0.1) is 0 Å². The van der Waals surface area contributed by atoms with Gasteiger partial charge in [0.2, 0.25) is 0 Å². The van der Waals surface area contributed by atoms with Gasteiger partial charge >= 0.3 is 0 Å². The number of halogens is 3. The van der Waals surface area contributed by atoms with Gasteiger partial charge in [0, 0.05) is 14.5 Å². The van der Waals surface area contributed by atoms with E-state index in [2.05, 4.69) is 28.7 Å². The van der Waals surface area contributed by atoms with Crippen LogP contribution in [0.4, 0.5) is 0 Å². The maximum absolute atomic E-state index is 5.95. The number of hydrogen-bond acceptors (Lipinski definition) is 0. The summed E-state index contributed by atoms with van der Waals surface area (Å²) in [5, 5.41) is 0.768. The van der Waals surface area contributed by atoms with E-state index in [4.69, 9.17) is 23.2 Å². The molecule has 1 aromatic rings. The first-order valence-electron chi connectivity index (χ1n) is 3.15. The van der Waals surface area contributed by atoms with Crippen molar-refractivity contribution in [3.05, 3.63) is 31.9 Å². The summed E-state index contributed by atoms with van der Waals surface area (Å²) in [7, 11) is 0. The van der Waals surface area contributed by atoms with Gasteiger partial charge in [-0.2, -0.15) is 0 Å². The highest BCUT2D eigenvalue weighted by atomic mass is 127. The van der Waals surface area contributed by atoms with E-state index < -0.39 is 0 Å². The smallest absolute Gasteiger partial charge is 0.0491 e. The fourth-order valence-corrected chi connectivity index (χ4v) is 2.62. The number of alkyl halides is 1. The quantitative estimate of drug-likeness (QED) is 0.543. The minimum absolute atomic E-state index is 0.488. The summed E-state index contributed by atoms with van der Waals surface area (Å²) in [5.74, 6) is 0.488. The molecule has 1 aromatic carbocycles. The van der Waals surface area contributed by atoms with Crippen LogP contribution in [0, 0.1) is 10.5 Å². The van der Waals surface area contributed by atoms with Gasteiger partial charge in [0.25, 0.3) is 0 Å². The molecule has 1 rings (SSSR count). The van der Waals surface area contributed by atoms with Crippen molar-refractivity contribution in [3.63, 3.8) is 0 Å². The van der Waals surface area contributed by atoms with Gasteiger partial charge in [-0.3, -0.25) is 0 Å². The largest absolute Gasteiger partial charge is 0.121 e. The molecule has 0 nitrogen and oxygen atoms in total. The van der Waals surface area contributed by atoms with Crippen LogP contribution in [0.5, 0.6) is 0 Å². The third-order valence-electron chi connectivity index (χ3n) is 1.52. The standard InChI is InChI=1S/C8H7Cl2I/c1-5-2-6(11)3-8(10)7(5)4-9/h2-3H,4H2,1H3. The van der Waals surface area contributed by atoms with Crippen LogP contribution < -0.4 is 0 Å². The minimum Gasteiger partial charge on any atom is -0.121 e. The lowest BCUT2D eigenvalue weighted by molar-refractivity contribution is 1.29. The molecule has 0 saturated carbocycles. The molecule has 60 valence electrons. The van der Waals surface area contributed by atoms with E-state index in [1.54, 1.807) is 0 Å². The summed E-state index contributed by atoms with van der Waals surface area (Å²) >= 11 is 13.9. The van der Waals surface area contributed by atoms with Gasteiger partial charge in [0.15, 0.2) is 0 Å². The lowest BCUT2D eigenvalue weighted by Gasteiger charge is -2.04. The van der Waals surface area contributed by atoms with Crippen molar-refractivity contribution >= 4 is 45.8 Å². The normalized spacial score (nSPS) is 10.2. The highest BCUT2D eigenvalue weighted by Crippen LogP contribution is 2.24. The number of rotatable bonds is 1. The first-order valence-corrected chi connectivity index (χ1v) is 5.14. The first-order chi connectivity index (χ1) is 5.15. The van der Waals surface area contributed by atoms with Crippen LogP contribution in [0.2, 0.25) is 5.02 Å². The summed E-state index contributed by atoms with van der Waals surface area (Å²) in [6.45, 7) is 2.02. The Labute approximate surface area is 90.0 Å². The molecule has 0 N–H and O–H groups in total. The van der Waals surface area contributed by atoms with E-state index in [0.717, 1.165) is 19.7 Å². The second-order valence-electron chi connectivity index (χ2n) is 2.32. The zero-order valence-corrected chi connectivity index (χ0v) is 9.67. The van der Waals surface area contributed by atoms with Gasteiger partial charge in [-0.05, 0) is 52.8 Å². The van der Waals surface area contributed by atoms with Crippen LogP contribution in [0.3, 0.4) is 0 Å². The Hall–Kier alpha value is 0.530. The Morgan fingerprint density at radius 2 is 2.09 bits per heavy atom. The minimum atomic E-state index is 0.488. The fraction of sp³-hybridized carbons (Fsp3) is 0.250. The van der Waals surface area contributed by atoms with Crippen molar-refractivity contribution in [2.45, 2.75) is 12.8 Å². The maximum Gasteiger partial charge on any atom is 0.0491 e. The number of hydrogen-bond donors (Lipinski definition) is 0. The molecule has 0 spiro atoms. The highest BCUT2D eigenvalue weighted by molar-refractivity contribution is 14.1. The van der Waals surface area contributed by atoms with Gasteiger partial charge < -0.3 is 0 Å². The van der Waals surface area contributed by atoms with Gasteiger partial charge in [-0.1, -0.05) is 11.6 Å². The Kier molecular flexibility index (Phi) is 3.47. The summed E-state index contributed by atoms with van der Waals surface area (Å²) < 4.78 is 1.15. The Morgan fingerprint density at radius 3 is 2.55 bits per heavy atom. The molecule has 0 aliphatic rings. The number of benzene rings is 1. The summed E-state index contributed by atoms with van der Waals surface area (Å²) in [5.41, 5.74) is 2.20. The number of aryl methyl sites for hydroxylation is 1. The SMILES string of the molecule is Cc1cc(I)cc(Cl)c1CCl. The van der Waals surface area contributed by atoms with Crippen LogP contribution in [-0.4, -0.2) is 0 Å². The van der Waals surface area contributed by atoms with Crippen LogP contribution in [-0.2, 0) is 5.88 Å². The zero-order chi connectivity index (χ0) is 8.43. The fourth-order valence-electron chi connectivity index (χ4n) is 0.901. The third-order valence-corrected chi connectivity index (χ3v) is 2.74. The van der Waals surface area contributed by atoms with Crippen LogP contribution in [0.25, 0.3) is 0 Å². The van der Waals surface area contributed by atoms with Gasteiger partial charge in [-0.15, -0.1) is 11.6 Å². The van der Waals surface area contributed by atoms with E-state index in [1.807, 2.05) is 13.0 Å². The van der Waals surface area contributed by atoms with E-state index in [1.165, 1.54) is 0 Å². The van der Waals surface area contributed by atoms with Crippen molar-refractivity contribution in [3.8, 4) is 0 Å². The van der Waals surface area contributed by atoms with E-state index in [-0.39, 0.29) is 0 Å². The molecular formula is C8H7Cl2I. The molecule has 0 unspecified atom stereocenters. The molecule has 0 aliphatic heterocycles. The average molecular weight is 301 g/mol. The van der Waals surface area contributed by atoms with Crippen molar-refractivity contribution in [1.29, 1.82) is 0 Å². The van der Waals surface area contributed by atoms with Crippen molar-refractivity contribution < 1.29 is 0 Å². The van der Waals surface area contributed by atoms with E-state index in [0.29, 0.717) is 5.88 Å². The zero-order valence-electron chi connectivity index (χ0n) is 6.00. The molecule has 0 heterocycles. The second-order valence-corrected chi connectivity index (χ2v) is 4.24. The summed E-state index contributed by atoms with van der Waals surface area (Å²) in [6.07, 6.45) is 0. The molecule has 3 heteroatoms. The molecule has 0 amide bonds. The average Bonchev–Trinajstić information content (AvgIpc) is 1.85. The molecule has 0 aromatic heterocycles. The lowest BCUT2D eigenvalue weighted by atomic mass is 10.1. The maximum atomic E-state index is 5.95. The third kappa shape index (κ3) is 2.23. The Morgan fingerprint density at radius 1 is 1.45 bits per heavy atom.